The first-order valence-corrected chi connectivity index (χ1v) is 7.51. The van der Waals surface area contributed by atoms with Crippen LogP contribution in [-0.2, 0) is 4.79 Å². The van der Waals surface area contributed by atoms with Crippen molar-refractivity contribution in [2.45, 2.75) is 13.8 Å². The van der Waals surface area contributed by atoms with Crippen molar-refractivity contribution in [3.8, 4) is 5.82 Å². The van der Waals surface area contributed by atoms with Crippen LogP contribution in [0.15, 0.2) is 54.9 Å². The Morgan fingerprint density at radius 1 is 1.17 bits per heavy atom. The number of nitrogens with zero attached hydrogens (tertiary/aromatic N) is 4. The number of nitrogens with one attached hydrogen (secondary N) is 1. The van der Waals surface area contributed by atoms with E-state index in [0.717, 1.165) is 17.1 Å². The predicted octanol–water partition coefficient (Wildman–Crippen LogP) is 2.93. The van der Waals surface area contributed by atoms with E-state index in [1.165, 1.54) is 6.08 Å². The zero-order chi connectivity index (χ0) is 16.9. The van der Waals surface area contributed by atoms with Crippen molar-refractivity contribution in [3.05, 3.63) is 71.9 Å². The molecule has 3 aromatic heterocycles. The molecule has 0 aliphatic rings. The molecule has 0 fully saturated rings. The lowest BCUT2D eigenvalue weighted by Crippen LogP contribution is -2.09. The van der Waals surface area contributed by atoms with E-state index in [2.05, 4.69) is 20.4 Å². The highest BCUT2D eigenvalue weighted by atomic mass is 16.1. The molecule has 3 rings (SSSR count). The van der Waals surface area contributed by atoms with Crippen molar-refractivity contribution >= 4 is 17.7 Å². The molecule has 0 unspecified atom stereocenters. The maximum absolute atomic E-state index is 11.9. The summed E-state index contributed by atoms with van der Waals surface area (Å²) >= 11 is 0. The minimum Gasteiger partial charge on any atom is -0.321 e. The summed E-state index contributed by atoms with van der Waals surface area (Å²) in [5, 5.41) is 7.15. The quantitative estimate of drug-likeness (QED) is 0.750. The van der Waals surface area contributed by atoms with E-state index < -0.39 is 0 Å². The van der Waals surface area contributed by atoms with Gasteiger partial charge in [0, 0.05) is 18.0 Å². The molecule has 24 heavy (non-hydrogen) atoms. The highest BCUT2D eigenvalue weighted by molar-refractivity contribution is 6.01. The van der Waals surface area contributed by atoms with Crippen LogP contribution in [0.4, 0.5) is 5.69 Å². The van der Waals surface area contributed by atoms with E-state index >= 15 is 0 Å². The van der Waals surface area contributed by atoms with Crippen LogP contribution in [-0.4, -0.2) is 25.7 Å². The Morgan fingerprint density at radius 2 is 2.04 bits per heavy atom. The summed E-state index contributed by atoms with van der Waals surface area (Å²) in [7, 11) is 0. The summed E-state index contributed by atoms with van der Waals surface area (Å²) < 4.78 is 1.77. The second kappa shape index (κ2) is 6.87. The van der Waals surface area contributed by atoms with Crippen LogP contribution in [0.2, 0.25) is 0 Å². The van der Waals surface area contributed by atoms with Gasteiger partial charge in [-0.05, 0) is 50.3 Å². The molecule has 0 spiro atoms. The van der Waals surface area contributed by atoms with E-state index in [9.17, 15) is 4.79 Å². The summed E-state index contributed by atoms with van der Waals surface area (Å²) in [5.41, 5.74) is 3.29. The van der Waals surface area contributed by atoms with Crippen LogP contribution in [0.3, 0.4) is 0 Å². The SMILES string of the molecule is Cc1cc(C)n(-c2ccc(NC(=O)/C=C/c3ccccn3)cn2)n1. The lowest BCUT2D eigenvalue weighted by Gasteiger charge is -2.05. The molecule has 1 amide bonds. The van der Waals surface area contributed by atoms with Gasteiger partial charge in [0.25, 0.3) is 0 Å². The van der Waals surface area contributed by atoms with Crippen molar-refractivity contribution in [2.24, 2.45) is 0 Å². The number of carbonyl (C=O) groups excluding carboxylic acids is 1. The summed E-state index contributed by atoms with van der Waals surface area (Å²) in [6.07, 6.45) is 6.39. The van der Waals surface area contributed by atoms with Gasteiger partial charge in [-0.3, -0.25) is 9.78 Å². The van der Waals surface area contributed by atoms with Gasteiger partial charge in [0.2, 0.25) is 5.91 Å². The van der Waals surface area contributed by atoms with Gasteiger partial charge in [-0.2, -0.15) is 5.10 Å². The van der Waals surface area contributed by atoms with Crippen LogP contribution < -0.4 is 5.32 Å². The van der Waals surface area contributed by atoms with Crippen molar-refractivity contribution in [3.63, 3.8) is 0 Å². The zero-order valence-corrected chi connectivity index (χ0v) is 13.5. The van der Waals surface area contributed by atoms with Crippen molar-refractivity contribution < 1.29 is 4.79 Å². The number of hydrogen-bond acceptors (Lipinski definition) is 4. The average molecular weight is 319 g/mol. The third kappa shape index (κ3) is 3.73. The van der Waals surface area contributed by atoms with Gasteiger partial charge < -0.3 is 5.32 Å². The molecule has 0 aromatic carbocycles. The number of pyridine rings is 2. The van der Waals surface area contributed by atoms with E-state index in [0.29, 0.717) is 11.5 Å². The molecule has 1 N–H and O–H groups in total. The summed E-state index contributed by atoms with van der Waals surface area (Å²) in [6, 6.07) is 11.1. The van der Waals surface area contributed by atoms with Crippen LogP contribution in [0.1, 0.15) is 17.1 Å². The normalized spacial score (nSPS) is 10.9. The molecule has 0 saturated heterocycles. The van der Waals surface area contributed by atoms with Crippen molar-refractivity contribution in [1.29, 1.82) is 0 Å². The number of aryl methyl sites for hydroxylation is 2. The number of aromatic nitrogens is 4. The number of amides is 1. The number of carbonyl (C=O) groups is 1. The maximum Gasteiger partial charge on any atom is 0.248 e. The fourth-order valence-electron chi connectivity index (χ4n) is 2.27. The van der Waals surface area contributed by atoms with Gasteiger partial charge in [-0.1, -0.05) is 6.07 Å². The topological polar surface area (TPSA) is 72.7 Å². The molecule has 3 heterocycles. The van der Waals surface area contributed by atoms with Crippen molar-refractivity contribution in [2.75, 3.05) is 5.32 Å². The highest BCUT2D eigenvalue weighted by Gasteiger charge is 2.05. The van der Waals surface area contributed by atoms with Crippen LogP contribution in [0.5, 0.6) is 0 Å². The maximum atomic E-state index is 11.9. The molecule has 0 aliphatic carbocycles. The molecule has 0 radical (unpaired) electrons. The predicted molar refractivity (Wildman–Crippen MR) is 92.7 cm³/mol. The fraction of sp³-hybridized carbons (Fsp3) is 0.111. The summed E-state index contributed by atoms with van der Waals surface area (Å²) in [4.78, 5) is 20.4. The van der Waals surface area contributed by atoms with E-state index in [1.54, 1.807) is 29.2 Å². The smallest absolute Gasteiger partial charge is 0.248 e. The van der Waals surface area contributed by atoms with Gasteiger partial charge >= 0.3 is 0 Å². The highest BCUT2D eigenvalue weighted by Crippen LogP contribution is 2.12. The summed E-state index contributed by atoms with van der Waals surface area (Å²) in [6.45, 7) is 3.91. The fourth-order valence-corrected chi connectivity index (χ4v) is 2.27. The molecule has 120 valence electrons. The molecule has 0 aliphatic heterocycles. The molecule has 0 saturated carbocycles. The molecular weight excluding hydrogens is 302 g/mol. The number of hydrogen-bond donors (Lipinski definition) is 1. The van der Waals surface area contributed by atoms with E-state index in [-0.39, 0.29) is 5.91 Å². The third-order valence-electron chi connectivity index (χ3n) is 3.34. The lowest BCUT2D eigenvalue weighted by atomic mass is 10.3. The Hall–Kier alpha value is -3.28. The Bertz CT molecular complexity index is 866. The first-order chi connectivity index (χ1) is 11.6. The van der Waals surface area contributed by atoms with E-state index in [1.807, 2.05) is 44.2 Å². The lowest BCUT2D eigenvalue weighted by molar-refractivity contribution is -0.111. The first kappa shape index (κ1) is 15.6. The van der Waals surface area contributed by atoms with Crippen LogP contribution >= 0.6 is 0 Å². The molecular formula is C18H17N5O. The third-order valence-corrected chi connectivity index (χ3v) is 3.34. The number of anilines is 1. The van der Waals surface area contributed by atoms with E-state index in [4.69, 9.17) is 0 Å². The summed E-state index contributed by atoms with van der Waals surface area (Å²) in [5.74, 6) is 0.476. The zero-order valence-electron chi connectivity index (χ0n) is 13.5. The largest absolute Gasteiger partial charge is 0.321 e. The molecule has 0 atom stereocenters. The second-order valence-corrected chi connectivity index (χ2v) is 5.32. The van der Waals surface area contributed by atoms with Crippen LogP contribution in [0.25, 0.3) is 11.9 Å². The van der Waals surface area contributed by atoms with Gasteiger partial charge in [0.15, 0.2) is 5.82 Å². The van der Waals surface area contributed by atoms with Gasteiger partial charge in [0.1, 0.15) is 0 Å². The van der Waals surface area contributed by atoms with Crippen LogP contribution in [0, 0.1) is 13.8 Å². The standard InChI is InChI=1S/C18H17N5O/c1-13-11-14(2)23(22-13)17-8-6-16(12-20-17)21-18(24)9-7-15-5-3-4-10-19-15/h3-12H,1-2H3,(H,21,24)/b9-7+. The molecule has 6 heteroatoms. The minimum absolute atomic E-state index is 0.235. The van der Waals surface area contributed by atoms with Gasteiger partial charge in [0.05, 0.1) is 23.3 Å². The second-order valence-electron chi connectivity index (χ2n) is 5.32. The Kier molecular flexibility index (Phi) is 4.47. The monoisotopic (exact) mass is 319 g/mol. The minimum atomic E-state index is -0.235. The molecule has 3 aromatic rings. The Morgan fingerprint density at radius 3 is 2.67 bits per heavy atom. The number of rotatable bonds is 4. The first-order valence-electron chi connectivity index (χ1n) is 7.51. The molecule has 0 bridgehead atoms. The Balaban J connectivity index is 1.67. The van der Waals surface area contributed by atoms with Gasteiger partial charge in [-0.25, -0.2) is 9.67 Å². The Labute approximate surface area is 139 Å². The molecule has 6 nitrogen and oxygen atoms in total. The average Bonchev–Trinajstić information content (AvgIpc) is 2.93. The van der Waals surface area contributed by atoms with Crippen molar-refractivity contribution in [1.82, 2.24) is 19.7 Å². The van der Waals surface area contributed by atoms with Gasteiger partial charge in [-0.15, -0.1) is 0 Å².